The van der Waals surface area contributed by atoms with Gasteiger partial charge in [0.25, 0.3) is 0 Å². The van der Waals surface area contributed by atoms with Crippen LogP contribution >= 0.6 is 0 Å². The number of aromatic nitrogens is 2. The Morgan fingerprint density at radius 3 is 2.59 bits per heavy atom. The molecule has 1 aromatic rings. The van der Waals surface area contributed by atoms with Crippen LogP contribution in [-0.2, 0) is 6.42 Å². The molecule has 1 saturated heterocycles. The van der Waals surface area contributed by atoms with Gasteiger partial charge in [0, 0.05) is 32.1 Å². The van der Waals surface area contributed by atoms with E-state index in [1.807, 2.05) is 0 Å². The second-order valence-corrected chi connectivity index (χ2v) is 4.46. The molecular weight excluding hydrogens is 212 g/mol. The lowest BCUT2D eigenvalue weighted by molar-refractivity contribution is 0.572. The van der Waals surface area contributed by atoms with Gasteiger partial charge in [0.15, 0.2) is 0 Å². The highest BCUT2D eigenvalue weighted by atomic mass is 15.2. The number of rotatable bonds is 4. The van der Waals surface area contributed by atoms with Gasteiger partial charge in [0.05, 0.1) is 0 Å². The zero-order valence-corrected chi connectivity index (χ0v) is 10.9. The number of anilines is 2. The van der Waals surface area contributed by atoms with Crippen molar-refractivity contribution >= 4 is 11.6 Å². The molecule has 1 N–H and O–H groups in total. The highest BCUT2D eigenvalue weighted by Gasteiger charge is 2.13. The predicted molar refractivity (Wildman–Crippen MR) is 71.6 cm³/mol. The van der Waals surface area contributed by atoms with E-state index in [2.05, 4.69) is 40.1 Å². The molecule has 0 aromatic carbocycles. The van der Waals surface area contributed by atoms with Crippen LogP contribution in [-0.4, -0.2) is 29.6 Å². The maximum absolute atomic E-state index is 4.63. The lowest BCUT2D eigenvalue weighted by atomic mass is 10.1. The summed E-state index contributed by atoms with van der Waals surface area (Å²) in [4.78, 5) is 11.5. The van der Waals surface area contributed by atoms with E-state index in [9.17, 15) is 0 Å². The summed E-state index contributed by atoms with van der Waals surface area (Å²) in [5.74, 6) is 2.98. The van der Waals surface area contributed by atoms with Gasteiger partial charge in [-0.15, -0.1) is 0 Å². The summed E-state index contributed by atoms with van der Waals surface area (Å²) in [5, 5.41) is 3.28. The van der Waals surface area contributed by atoms with Crippen LogP contribution in [0.2, 0.25) is 0 Å². The first kappa shape index (κ1) is 12.1. The van der Waals surface area contributed by atoms with E-state index in [-0.39, 0.29) is 0 Å². The summed E-state index contributed by atoms with van der Waals surface area (Å²) in [6.45, 7) is 7.36. The number of aryl methyl sites for hydroxylation is 1. The highest BCUT2D eigenvalue weighted by molar-refractivity contribution is 5.49. The topological polar surface area (TPSA) is 41.0 Å². The molecule has 0 unspecified atom stereocenters. The highest BCUT2D eigenvalue weighted by Crippen LogP contribution is 2.20. The molecule has 0 spiro atoms. The molecule has 0 radical (unpaired) electrons. The van der Waals surface area contributed by atoms with E-state index in [1.165, 1.54) is 19.3 Å². The second-order valence-electron chi connectivity index (χ2n) is 4.46. The number of hydrogen-bond acceptors (Lipinski definition) is 4. The van der Waals surface area contributed by atoms with Gasteiger partial charge >= 0.3 is 0 Å². The van der Waals surface area contributed by atoms with Crippen LogP contribution < -0.4 is 10.2 Å². The quantitative estimate of drug-likeness (QED) is 0.869. The average Bonchev–Trinajstić information content (AvgIpc) is 2.40. The summed E-state index contributed by atoms with van der Waals surface area (Å²) in [6, 6.07) is 2.08. The van der Waals surface area contributed by atoms with Gasteiger partial charge in [-0.2, -0.15) is 0 Å². The molecule has 1 aliphatic heterocycles. The Labute approximate surface area is 103 Å². The molecule has 0 amide bonds. The molecule has 0 aliphatic carbocycles. The average molecular weight is 234 g/mol. The molecule has 4 heteroatoms. The third-order valence-electron chi connectivity index (χ3n) is 3.11. The Balaban J connectivity index is 2.21. The maximum Gasteiger partial charge on any atom is 0.134 e. The van der Waals surface area contributed by atoms with Crippen LogP contribution in [0.15, 0.2) is 6.07 Å². The minimum atomic E-state index is 0.889. The molecule has 0 bridgehead atoms. The number of hydrogen-bond donors (Lipinski definition) is 1. The van der Waals surface area contributed by atoms with Gasteiger partial charge in [0.2, 0.25) is 0 Å². The fourth-order valence-corrected chi connectivity index (χ4v) is 2.20. The molecular formula is C13H22N4. The van der Waals surface area contributed by atoms with Crippen molar-refractivity contribution in [2.24, 2.45) is 0 Å². The van der Waals surface area contributed by atoms with Gasteiger partial charge in [0.1, 0.15) is 17.5 Å². The van der Waals surface area contributed by atoms with E-state index in [4.69, 9.17) is 0 Å². The Hall–Kier alpha value is -1.32. The second kappa shape index (κ2) is 5.84. The van der Waals surface area contributed by atoms with Gasteiger partial charge < -0.3 is 10.2 Å². The SMILES string of the molecule is CCNc1cc(N2CCCCC2)nc(CC)n1. The summed E-state index contributed by atoms with van der Waals surface area (Å²) in [6.07, 6.45) is 4.80. The molecule has 0 atom stereocenters. The van der Waals surface area contributed by atoms with Gasteiger partial charge in [-0.1, -0.05) is 6.92 Å². The zero-order valence-electron chi connectivity index (χ0n) is 10.9. The monoisotopic (exact) mass is 234 g/mol. The fourth-order valence-electron chi connectivity index (χ4n) is 2.20. The zero-order chi connectivity index (χ0) is 12.1. The van der Waals surface area contributed by atoms with Crippen LogP contribution in [0.25, 0.3) is 0 Å². The summed E-state index contributed by atoms with van der Waals surface area (Å²) in [5.41, 5.74) is 0. The van der Waals surface area contributed by atoms with Crippen LogP contribution in [0, 0.1) is 0 Å². The first-order chi connectivity index (χ1) is 8.33. The molecule has 1 fully saturated rings. The van der Waals surface area contributed by atoms with Crippen molar-refractivity contribution < 1.29 is 0 Å². The van der Waals surface area contributed by atoms with Crippen molar-refractivity contribution in [3.63, 3.8) is 0 Å². The van der Waals surface area contributed by atoms with Crippen molar-refractivity contribution in [2.75, 3.05) is 29.9 Å². The Bertz CT molecular complexity index is 358. The predicted octanol–water partition coefficient (Wildman–Crippen LogP) is 2.46. The molecule has 17 heavy (non-hydrogen) atoms. The minimum absolute atomic E-state index is 0.889. The Morgan fingerprint density at radius 2 is 1.94 bits per heavy atom. The van der Waals surface area contributed by atoms with Gasteiger partial charge in [-0.3, -0.25) is 0 Å². The normalized spacial score (nSPS) is 16.0. The molecule has 2 heterocycles. The lowest BCUT2D eigenvalue weighted by Crippen LogP contribution is -2.30. The summed E-state index contributed by atoms with van der Waals surface area (Å²) in [7, 11) is 0. The largest absolute Gasteiger partial charge is 0.370 e. The van der Waals surface area contributed by atoms with Gasteiger partial charge in [-0.25, -0.2) is 9.97 Å². The molecule has 2 rings (SSSR count). The van der Waals surface area contributed by atoms with Crippen LogP contribution in [0.1, 0.15) is 38.9 Å². The molecule has 94 valence electrons. The van der Waals surface area contributed by atoms with Crippen molar-refractivity contribution in [3.8, 4) is 0 Å². The molecule has 4 nitrogen and oxygen atoms in total. The maximum atomic E-state index is 4.63. The Kier molecular flexibility index (Phi) is 4.18. The van der Waals surface area contributed by atoms with Crippen molar-refractivity contribution in [1.29, 1.82) is 0 Å². The Morgan fingerprint density at radius 1 is 1.18 bits per heavy atom. The smallest absolute Gasteiger partial charge is 0.134 e. The molecule has 1 aliphatic rings. The van der Waals surface area contributed by atoms with E-state index in [0.29, 0.717) is 0 Å². The molecule has 1 aromatic heterocycles. The summed E-state index contributed by atoms with van der Waals surface area (Å²) < 4.78 is 0. The van der Waals surface area contributed by atoms with E-state index >= 15 is 0 Å². The summed E-state index contributed by atoms with van der Waals surface area (Å²) >= 11 is 0. The number of nitrogens with zero attached hydrogens (tertiary/aromatic N) is 3. The van der Waals surface area contributed by atoms with E-state index in [0.717, 1.165) is 43.5 Å². The van der Waals surface area contributed by atoms with E-state index in [1.54, 1.807) is 0 Å². The third-order valence-corrected chi connectivity index (χ3v) is 3.11. The number of nitrogens with one attached hydrogen (secondary N) is 1. The van der Waals surface area contributed by atoms with Crippen molar-refractivity contribution in [2.45, 2.75) is 39.5 Å². The van der Waals surface area contributed by atoms with Crippen molar-refractivity contribution in [3.05, 3.63) is 11.9 Å². The standard InChI is InChI=1S/C13H22N4/c1-3-11-15-12(14-4-2)10-13(16-11)17-8-6-5-7-9-17/h10H,3-9H2,1-2H3,(H,14,15,16). The van der Waals surface area contributed by atoms with E-state index < -0.39 is 0 Å². The van der Waals surface area contributed by atoms with Crippen LogP contribution in [0.4, 0.5) is 11.6 Å². The first-order valence-corrected chi connectivity index (χ1v) is 6.70. The van der Waals surface area contributed by atoms with Crippen LogP contribution in [0.5, 0.6) is 0 Å². The third kappa shape index (κ3) is 3.08. The van der Waals surface area contributed by atoms with Crippen molar-refractivity contribution in [1.82, 2.24) is 9.97 Å². The first-order valence-electron chi connectivity index (χ1n) is 6.70. The lowest BCUT2D eigenvalue weighted by Gasteiger charge is -2.28. The fraction of sp³-hybridized carbons (Fsp3) is 0.692. The minimum Gasteiger partial charge on any atom is -0.370 e. The molecule has 0 saturated carbocycles. The number of piperidine rings is 1. The van der Waals surface area contributed by atoms with Gasteiger partial charge in [-0.05, 0) is 26.2 Å². The van der Waals surface area contributed by atoms with Crippen LogP contribution in [0.3, 0.4) is 0 Å².